The van der Waals surface area contributed by atoms with Gasteiger partial charge in [0, 0.05) is 21.1 Å². The number of hydrazine groups is 1. The molecule has 0 aromatic heterocycles. The van der Waals surface area contributed by atoms with E-state index >= 15 is 0 Å². The van der Waals surface area contributed by atoms with Gasteiger partial charge in [-0.15, -0.1) is 0 Å². The van der Waals surface area contributed by atoms with Crippen LogP contribution in [-0.2, 0) is 6.42 Å². The Morgan fingerprint density at radius 3 is 2.23 bits per heavy atom. The second-order valence-electron chi connectivity index (χ2n) is 3.35. The lowest BCUT2D eigenvalue weighted by Gasteiger charge is -2.28. The lowest BCUT2D eigenvalue weighted by molar-refractivity contribution is 0.396. The normalized spacial score (nSPS) is 10.5. The molecule has 0 saturated heterocycles. The second-order valence-corrected chi connectivity index (χ2v) is 3.35. The molecule has 2 nitrogen and oxygen atoms in total. The van der Waals surface area contributed by atoms with Gasteiger partial charge in [-0.25, -0.2) is 5.01 Å². The number of hydrogen-bond donors (Lipinski definition) is 0. The number of para-hydroxylation sites is 1. The smallest absolute Gasteiger partial charge is 0.0550 e. The minimum absolute atomic E-state index is 1.08. The highest BCUT2D eigenvalue weighted by molar-refractivity contribution is 5.51. The number of aryl methyl sites for hydroxylation is 1. The first kappa shape index (κ1) is 10.1. The third kappa shape index (κ3) is 2.22. The lowest BCUT2D eigenvalue weighted by Crippen LogP contribution is -2.33. The topological polar surface area (TPSA) is 6.48 Å². The maximum absolute atomic E-state index is 2.18. The van der Waals surface area contributed by atoms with E-state index < -0.39 is 0 Å². The van der Waals surface area contributed by atoms with Crippen molar-refractivity contribution >= 4 is 5.69 Å². The fourth-order valence-corrected chi connectivity index (χ4v) is 1.34. The molecule has 0 bridgehead atoms. The van der Waals surface area contributed by atoms with Crippen LogP contribution in [0.4, 0.5) is 5.69 Å². The van der Waals surface area contributed by atoms with E-state index in [2.05, 4.69) is 48.3 Å². The van der Waals surface area contributed by atoms with Crippen molar-refractivity contribution in [1.29, 1.82) is 0 Å². The molecule has 0 amide bonds. The fourth-order valence-electron chi connectivity index (χ4n) is 1.34. The molecule has 0 unspecified atom stereocenters. The number of anilines is 1. The summed E-state index contributed by atoms with van der Waals surface area (Å²) in [7, 11) is 6.17. The Morgan fingerprint density at radius 2 is 1.69 bits per heavy atom. The average Bonchev–Trinajstić information content (AvgIpc) is 2.16. The standard InChI is InChI=1S/C11H18N2/c1-5-10-8-6-7-9-11(10)13(4)12(2)3/h6-9H,5H2,1-4H3. The molecule has 1 aromatic rings. The Labute approximate surface area is 80.7 Å². The van der Waals surface area contributed by atoms with E-state index in [1.807, 2.05) is 14.1 Å². The molecule has 0 saturated carbocycles. The second kappa shape index (κ2) is 4.28. The number of rotatable bonds is 3. The van der Waals surface area contributed by atoms with Gasteiger partial charge in [0.2, 0.25) is 0 Å². The molecule has 1 aromatic carbocycles. The van der Waals surface area contributed by atoms with Gasteiger partial charge < -0.3 is 5.01 Å². The van der Waals surface area contributed by atoms with Crippen LogP contribution in [0.15, 0.2) is 24.3 Å². The maximum atomic E-state index is 2.18. The first-order valence-corrected chi connectivity index (χ1v) is 4.65. The van der Waals surface area contributed by atoms with Crippen LogP contribution < -0.4 is 5.01 Å². The number of hydrogen-bond acceptors (Lipinski definition) is 2. The summed E-state index contributed by atoms with van der Waals surface area (Å²) in [6.45, 7) is 2.18. The Bertz CT molecular complexity index is 269. The number of benzene rings is 1. The molecule has 2 heteroatoms. The molecule has 0 aliphatic rings. The lowest BCUT2D eigenvalue weighted by atomic mass is 10.1. The monoisotopic (exact) mass is 178 g/mol. The van der Waals surface area contributed by atoms with E-state index in [4.69, 9.17) is 0 Å². The molecule has 1 rings (SSSR count). The van der Waals surface area contributed by atoms with Crippen molar-refractivity contribution < 1.29 is 0 Å². The third-order valence-corrected chi connectivity index (χ3v) is 2.32. The molecular formula is C11H18N2. The van der Waals surface area contributed by atoms with Crippen molar-refractivity contribution in [2.24, 2.45) is 0 Å². The van der Waals surface area contributed by atoms with Crippen molar-refractivity contribution in [3.63, 3.8) is 0 Å². The van der Waals surface area contributed by atoms with Gasteiger partial charge in [0.05, 0.1) is 5.69 Å². The summed E-state index contributed by atoms with van der Waals surface area (Å²) in [5, 5.41) is 4.23. The zero-order chi connectivity index (χ0) is 9.84. The van der Waals surface area contributed by atoms with Crippen LogP contribution in [0.3, 0.4) is 0 Å². The highest BCUT2D eigenvalue weighted by Crippen LogP contribution is 2.19. The van der Waals surface area contributed by atoms with E-state index in [1.54, 1.807) is 0 Å². The SMILES string of the molecule is CCc1ccccc1N(C)N(C)C. The highest BCUT2D eigenvalue weighted by atomic mass is 15.6. The van der Waals surface area contributed by atoms with E-state index in [0.717, 1.165) is 6.42 Å². The quantitative estimate of drug-likeness (QED) is 0.654. The molecule has 13 heavy (non-hydrogen) atoms. The Kier molecular flexibility index (Phi) is 3.32. The van der Waals surface area contributed by atoms with Crippen LogP contribution >= 0.6 is 0 Å². The summed E-state index contributed by atoms with van der Waals surface area (Å²) in [4.78, 5) is 0. The molecule has 0 radical (unpaired) electrons. The molecule has 0 heterocycles. The minimum atomic E-state index is 1.08. The highest BCUT2D eigenvalue weighted by Gasteiger charge is 2.05. The van der Waals surface area contributed by atoms with Crippen molar-refractivity contribution in [3.8, 4) is 0 Å². The van der Waals surface area contributed by atoms with Crippen molar-refractivity contribution in [1.82, 2.24) is 5.01 Å². The first-order valence-electron chi connectivity index (χ1n) is 4.65. The van der Waals surface area contributed by atoms with E-state index in [0.29, 0.717) is 0 Å². The van der Waals surface area contributed by atoms with E-state index in [9.17, 15) is 0 Å². The van der Waals surface area contributed by atoms with Gasteiger partial charge >= 0.3 is 0 Å². The van der Waals surface area contributed by atoms with Crippen LogP contribution in [-0.4, -0.2) is 26.2 Å². The molecule has 0 aliphatic carbocycles. The summed E-state index contributed by atoms with van der Waals surface area (Å²) in [5.41, 5.74) is 2.67. The van der Waals surface area contributed by atoms with Crippen molar-refractivity contribution in [3.05, 3.63) is 29.8 Å². The predicted molar refractivity (Wildman–Crippen MR) is 57.9 cm³/mol. The first-order chi connectivity index (χ1) is 6.16. The third-order valence-electron chi connectivity index (χ3n) is 2.32. The van der Waals surface area contributed by atoms with Gasteiger partial charge in [-0.2, -0.15) is 0 Å². The zero-order valence-corrected chi connectivity index (χ0v) is 8.91. The van der Waals surface area contributed by atoms with E-state index in [-0.39, 0.29) is 0 Å². The Balaban J connectivity index is 2.98. The van der Waals surface area contributed by atoms with Crippen LogP contribution in [0.5, 0.6) is 0 Å². The summed E-state index contributed by atoms with van der Waals surface area (Å²) >= 11 is 0. The van der Waals surface area contributed by atoms with E-state index in [1.165, 1.54) is 11.3 Å². The van der Waals surface area contributed by atoms with Crippen LogP contribution in [0.2, 0.25) is 0 Å². The van der Waals surface area contributed by atoms with Gasteiger partial charge in [-0.1, -0.05) is 25.1 Å². The number of nitrogens with zero attached hydrogens (tertiary/aromatic N) is 2. The zero-order valence-electron chi connectivity index (χ0n) is 8.91. The largest absolute Gasteiger partial charge is 0.309 e. The molecule has 72 valence electrons. The van der Waals surface area contributed by atoms with Gasteiger partial charge in [-0.3, -0.25) is 0 Å². The Hall–Kier alpha value is -1.02. The summed E-state index contributed by atoms with van der Waals surface area (Å²) in [5.74, 6) is 0. The molecule has 0 aliphatic heterocycles. The van der Waals surface area contributed by atoms with Gasteiger partial charge in [0.15, 0.2) is 0 Å². The summed E-state index contributed by atoms with van der Waals surface area (Å²) in [6, 6.07) is 8.49. The van der Waals surface area contributed by atoms with Gasteiger partial charge in [0.1, 0.15) is 0 Å². The predicted octanol–water partition coefficient (Wildman–Crippen LogP) is 2.16. The van der Waals surface area contributed by atoms with Crippen molar-refractivity contribution in [2.75, 3.05) is 26.2 Å². The summed E-state index contributed by atoms with van der Waals surface area (Å²) in [6.07, 6.45) is 1.08. The summed E-state index contributed by atoms with van der Waals surface area (Å²) < 4.78 is 0. The average molecular weight is 178 g/mol. The Morgan fingerprint density at radius 1 is 1.08 bits per heavy atom. The molecule has 0 spiro atoms. The van der Waals surface area contributed by atoms with Gasteiger partial charge in [-0.05, 0) is 18.1 Å². The van der Waals surface area contributed by atoms with Crippen molar-refractivity contribution in [2.45, 2.75) is 13.3 Å². The minimum Gasteiger partial charge on any atom is -0.309 e. The maximum Gasteiger partial charge on any atom is 0.0550 e. The molecule has 0 atom stereocenters. The van der Waals surface area contributed by atoms with Crippen LogP contribution in [0, 0.1) is 0 Å². The molecule has 0 N–H and O–H groups in total. The van der Waals surface area contributed by atoms with Crippen LogP contribution in [0.25, 0.3) is 0 Å². The molecular weight excluding hydrogens is 160 g/mol. The molecule has 0 fully saturated rings. The van der Waals surface area contributed by atoms with Gasteiger partial charge in [0.25, 0.3) is 0 Å². The fraction of sp³-hybridized carbons (Fsp3) is 0.455. The van der Waals surface area contributed by atoms with Crippen LogP contribution in [0.1, 0.15) is 12.5 Å².